The van der Waals surface area contributed by atoms with Gasteiger partial charge in [-0.2, -0.15) is 0 Å². The molecule has 0 aliphatic carbocycles. The smallest absolute Gasteiger partial charge is 0.338 e. The molecule has 4 heteroatoms. The fourth-order valence-corrected chi connectivity index (χ4v) is 4.06. The maximum absolute atomic E-state index is 11.8. The van der Waals surface area contributed by atoms with E-state index in [4.69, 9.17) is 4.74 Å². The lowest BCUT2D eigenvalue weighted by Crippen LogP contribution is -2.19. The number of carbonyl (C=O) groups is 1. The normalized spacial score (nSPS) is 14.0. The number of ether oxygens (including phenoxy) is 1. The van der Waals surface area contributed by atoms with Gasteiger partial charge < -0.3 is 9.84 Å². The van der Waals surface area contributed by atoms with Crippen molar-refractivity contribution in [3.63, 3.8) is 0 Å². The monoisotopic (exact) mass is 312 g/mol. The van der Waals surface area contributed by atoms with Crippen LogP contribution < -0.4 is 0 Å². The zero-order chi connectivity index (χ0) is 16.0. The third-order valence-electron chi connectivity index (χ3n) is 3.94. The Bertz CT molecular complexity index is 452. The van der Waals surface area contributed by atoms with Gasteiger partial charge in [0.15, 0.2) is 0 Å². The van der Waals surface area contributed by atoms with Gasteiger partial charge in [0.1, 0.15) is 5.75 Å². The van der Waals surface area contributed by atoms with Crippen LogP contribution in [0.1, 0.15) is 37.6 Å². The molecule has 1 aromatic carbocycles. The van der Waals surface area contributed by atoms with Gasteiger partial charge in [-0.25, -0.2) is 14.8 Å². The Kier molecular flexibility index (Phi) is 6.59. The van der Waals surface area contributed by atoms with Crippen molar-refractivity contribution in [3.8, 4) is 5.75 Å². The van der Waals surface area contributed by atoms with E-state index in [-0.39, 0.29) is 11.7 Å². The second kappa shape index (κ2) is 7.74. The standard InChI is InChI=1S/C17H28O3S/c1-13(2)21(4,5)12-14(3)10-11-20-17(19)15-6-8-16(18)9-7-15/h6-9,13-14,18H,10-12H2,1-5H3. The lowest BCUT2D eigenvalue weighted by Gasteiger charge is -2.38. The molecule has 0 amide bonds. The highest BCUT2D eigenvalue weighted by atomic mass is 32.3. The van der Waals surface area contributed by atoms with Gasteiger partial charge in [0, 0.05) is 0 Å². The topological polar surface area (TPSA) is 46.5 Å². The molecule has 0 bridgehead atoms. The van der Waals surface area contributed by atoms with Crippen molar-refractivity contribution in [2.24, 2.45) is 5.92 Å². The SMILES string of the molecule is CC(CCOC(=O)c1ccc(O)cc1)CS(C)(C)C(C)C. The Labute approximate surface area is 130 Å². The molecule has 0 spiro atoms. The molecular formula is C17H28O3S. The van der Waals surface area contributed by atoms with Crippen molar-refractivity contribution < 1.29 is 14.6 Å². The molecule has 3 nitrogen and oxygen atoms in total. The van der Waals surface area contributed by atoms with Crippen molar-refractivity contribution >= 4 is 16.0 Å². The molecule has 1 unspecified atom stereocenters. The van der Waals surface area contributed by atoms with Crippen molar-refractivity contribution in [1.29, 1.82) is 0 Å². The largest absolute Gasteiger partial charge is 0.508 e. The third-order valence-corrected chi connectivity index (χ3v) is 7.92. The van der Waals surface area contributed by atoms with E-state index in [2.05, 4.69) is 33.3 Å². The maximum Gasteiger partial charge on any atom is 0.338 e. The van der Waals surface area contributed by atoms with Crippen molar-refractivity contribution in [2.45, 2.75) is 32.4 Å². The maximum atomic E-state index is 11.8. The van der Waals surface area contributed by atoms with Gasteiger partial charge in [-0.05, 0) is 60.1 Å². The summed E-state index contributed by atoms with van der Waals surface area (Å²) in [7, 11) is -0.573. The van der Waals surface area contributed by atoms with Crippen LogP contribution in [-0.4, -0.2) is 41.2 Å². The fraction of sp³-hybridized carbons (Fsp3) is 0.588. The number of hydrogen-bond acceptors (Lipinski definition) is 3. The number of phenolic OH excluding ortho intramolecular Hbond substituents is 1. The quantitative estimate of drug-likeness (QED) is 0.773. The Hall–Kier alpha value is -1.16. The van der Waals surface area contributed by atoms with Gasteiger partial charge in [0.25, 0.3) is 0 Å². The Balaban J connectivity index is 2.36. The lowest BCUT2D eigenvalue weighted by molar-refractivity contribution is 0.0488. The first-order chi connectivity index (χ1) is 9.72. The molecule has 0 aliphatic rings. The Morgan fingerprint density at radius 3 is 2.29 bits per heavy atom. The van der Waals surface area contributed by atoms with E-state index in [0.717, 1.165) is 11.7 Å². The zero-order valence-corrected chi connectivity index (χ0v) is 14.6. The van der Waals surface area contributed by atoms with Gasteiger partial charge in [-0.1, -0.05) is 20.8 Å². The summed E-state index contributed by atoms with van der Waals surface area (Å²) < 4.78 is 5.30. The first-order valence-electron chi connectivity index (χ1n) is 7.38. The predicted octanol–water partition coefficient (Wildman–Crippen LogP) is 4.05. The molecule has 21 heavy (non-hydrogen) atoms. The van der Waals surface area contributed by atoms with Gasteiger partial charge in [-0.3, -0.25) is 0 Å². The van der Waals surface area contributed by atoms with Crippen LogP contribution in [0.15, 0.2) is 24.3 Å². The van der Waals surface area contributed by atoms with E-state index >= 15 is 0 Å². The van der Waals surface area contributed by atoms with Crippen LogP contribution in [-0.2, 0) is 4.74 Å². The molecule has 0 saturated heterocycles. The van der Waals surface area contributed by atoms with E-state index in [1.165, 1.54) is 17.9 Å². The van der Waals surface area contributed by atoms with E-state index in [1.54, 1.807) is 12.1 Å². The number of hydrogen-bond donors (Lipinski definition) is 1. The molecule has 1 N–H and O–H groups in total. The minimum absolute atomic E-state index is 0.152. The van der Waals surface area contributed by atoms with E-state index in [1.807, 2.05) is 0 Å². The van der Waals surface area contributed by atoms with Gasteiger partial charge in [0.2, 0.25) is 0 Å². The van der Waals surface area contributed by atoms with Crippen molar-refractivity contribution in [1.82, 2.24) is 0 Å². The predicted molar refractivity (Wildman–Crippen MR) is 91.6 cm³/mol. The van der Waals surface area contributed by atoms with Crippen LogP contribution in [0.4, 0.5) is 0 Å². The summed E-state index contributed by atoms with van der Waals surface area (Å²) in [6.45, 7) is 7.25. The van der Waals surface area contributed by atoms with E-state index < -0.39 is 10.0 Å². The van der Waals surface area contributed by atoms with Gasteiger partial charge >= 0.3 is 5.97 Å². The minimum atomic E-state index is -0.573. The Morgan fingerprint density at radius 2 is 1.76 bits per heavy atom. The fourth-order valence-electron chi connectivity index (χ4n) is 2.04. The molecule has 0 aromatic heterocycles. The second-order valence-corrected chi connectivity index (χ2v) is 10.9. The minimum Gasteiger partial charge on any atom is -0.508 e. The summed E-state index contributed by atoms with van der Waals surface area (Å²) in [4.78, 5) is 11.8. The highest BCUT2D eigenvalue weighted by Gasteiger charge is 2.19. The summed E-state index contributed by atoms with van der Waals surface area (Å²) in [6, 6.07) is 6.14. The summed E-state index contributed by atoms with van der Waals surface area (Å²) >= 11 is 0. The summed E-state index contributed by atoms with van der Waals surface area (Å²) in [5, 5.41) is 9.91. The number of rotatable bonds is 7. The third kappa shape index (κ3) is 6.00. The molecule has 0 heterocycles. The summed E-state index contributed by atoms with van der Waals surface area (Å²) in [5.74, 6) is 1.60. The number of esters is 1. The summed E-state index contributed by atoms with van der Waals surface area (Å²) in [5.41, 5.74) is 0.480. The molecule has 1 atom stereocenters. The molecule has 0 aliphatic heterocycles. The number of phenols is 1. The average Bonchev–Trinajstić information content (AvgIpc) is 2.38. The van der Waals surface area contributed by atoms with Crippen LogP contribution >= 0.6 is 10.0 Å². The number of benzene rings is 1. The van der Waals surface area contributed by atoms with Crippen LogP contribution in [0, 0.1) is 5.92 Å². The van der Waals surface area contributed by atoms with E-state index in [9.17, 15) is 9.90 Å². The first-order valence-corrected chi connectivity index (χ1v) is 10.1. The van der Waals surface area contributed by atoms with Gasteiger partial charge in [0.05, 0.1) is 12.2 Å². The zero-order valence-electron chi connectivity index (χ0n) is 13.8. The van der Waals surface area contributed by atoms with Crippen LogP contribution in [0.3, 0.4) is 0 Å². The van der Waals surface area contributed by atoms with Crippen LogP contribution in [0.5, 0.6) is 5.75 Å². The lowest BCUT2D eigenvalue weighted by atomic mass is 10.1. The average molecular weight is 312 g/mol. The Morgan fingerprint density at radius 1 is 1.19 bits per heavy atom. The van der Waals surface area contributed by atoms with Gasteiger partial charge in [-0.15, -0.1) is 0 Å². The van der Waals surface area contributed by atoms with Crippen LogP contribution in [0.2, 0.25) is 0 Å². The van der Waals surface area contributed by atoms with E-state index in [0.29, 0.717) is 18.1 Å². The van der Waals surface area contributed by atoms with Crippen molar-refractivity contribution in [3.05, 3.63) is 29.8 Å². The first kappa shape index (κ1) is 17.9. The summed E-state index contributed by atoms with van der Waals surface area (Å²) in [6.07, 6.45) is 5.64. The molecule has 120 valence electrons. The molecular weight excluding hydrogens is 284 g/mol. The molecule has 0 radical (unpaired) electrons. The molecule has 0 fully saturated rings. The highest BCUT2D eigenvalue weighted by molar-refractivity contribution is 8.33. The number of aromatic hydroxyl groups is 1. The molecule has 1 aromatic rings. The number of carbonyl (C=O) groups excluding carboxylic acids is 1. The molecule has 1 rings (SSSR count). The van der Waals surface area contributed by atoms with Crippen molar-refractivity contribution in [2.75, 3.05) is 24.9 Å². The van der Waals surface area contributed by atoms with Crippen LogP contribution in [0.25, 0.3) is 0 Å². The second-order valence-electron chi connectivity index (χ2n) is 6.42. The highest BCUT2D eigenvalue weighted by Crippen LogP contribution is 2.46. The molecule has 0 saturated carbocycles.